The first kappa shape index (κ1) is 24.5. The van der Waals surface area contributed by atoms with Gasteiger partial charge in [0.15, 0.2) is 0 Å². The Hall–Kier alpha value is -1.50. The van der Waals surface area contributed by atoms with Gasteiger partial charge in [-0.25, -0.2) is 0 Å². The largest absolute Gasteiger partial charge is 0.465 e. The van der Waals surface area contributed by atoms with Crippen LogP contribution in [0.4, 0.5) is 0 Å². The summed E-state index contributed by atoms with van der Waals surface area (Å²) in [6, 6.07) is 1.93. The van der Waals surface area contributed by atoms with Crippen LogP contribution in [0.25, 0.3) is 0 Å². The number of aryl methyl sites for hydroxylation is 2. The number of hydrogen-bond acceptors (Lipinski definition) is 6. The molecule has 0 aromatic carbocycles. The minimum atomic E-state index is -0.427. The maximum Gasteiger partial charge on any atom is 0.148 e. The summed E-state index contributed by atoms with van der Waals surface area (Å²) in [4.78, 5) is 24.7. The molecule has 0 bridgehead atoms. The molecular formula is C22H36O6. The molecule has 6 heteroatoms. The molecule has 0 saturated carbocycles. The second-order valence-corrected chi connectivity index (χ2v) is 7.53. The van der Waals surface area contributed by atoms with Crippen molar-refractivity contribution in [2.24, 2.45) is 17.8 Å². The molecular weight excluding hydrogens is 360 g/mol. The van der Waals surface area contributed by atoms with Crippen LogP contribution in [0, 0.1) is 31.6 Å². The maximum absolute atomic E-state index is 13.2. The van der Waals surface area contributed by atoms with E-state index in [0.29, 0.717) is 25.4 Å². The molecule has 0 amide bonds. The van der Waals surface area contributed by atoms with Crippen molar-refractivity contribution in [1.29, 1.82) is 0 Å². The number of ketones is 1. The third kappa shape index (κ3) is 6.54. The molecule has 0 spiro atoms. The number of carbonyl (C=O) groups is 2. The third-order valence-corrected chi connectivity index (χ3v) is 5.46. The van der Waals surface area contributed by atoms with Crippen molar-refractivity contribution in [3.8, 4) is 0 Å². The van der Waals surface area contributed by atoms with E-state index in [9.17, 15) is 9.59 Å². The number of Topliss-reactive ketones (excluding diaryl/α,β-unsaturated/α-hetero) is 1. The van der Waals surface area contributed by atoms with E-state index < -0.39 is 12.0 Å². The van der Waals surface area contributed by atoms with E-state index in [0.717, 1.165) is 17.6 Å². The molecule has 5 atom stereocenters. The van der Waals surface area contributed by atoms with Crippen molar-refractivity contribution < 1.29 is 28.2 Å². The first-order valence-corrected chi connectivity index (χ1v) is 10.0. The molecule has 160 valence electrons. The summed E-state index contributed by atoms with van der Waals surface area (Å²) < 4.78 is 22.1. The number of hydrogen-bond donors (Lipinski definition) is 0. The monoisotopic (exact) mass is 396 g/mol. The Labute approximate surface area is 168 Å². The summed E-state index contributed by atoms with van der Waals surface area (Å²) in [5, 5.41) is 0. The lowest BCUT2D eigenvalue weighted by molar-refractivity contribution is -0.151. The molecule has 0 saturated heterocycles. The molecule has 1 rings (SSSR count). The van der Waals surface area contributed by atoms with Gasteiger partial charge < -0.3 is 23.4 Å². The van der Waals surface area contributed by atoms with Crippen LogP contribution < -0.4 is 0 Å². The number of furan rings is 1. The van der Waals surface area contributed by atoms with Gasteiger partial charge in [-0.15, -0.1) is 0 Å². The van der Waals surface area contributed by atoms with Gasteiger partial charge in [0.25, 0.3) is 0 Å². The summed E-state index contributed by atoms with van der Waals surface area (Å²) in [7, 11) is 1.60. The molecule has 0 aliphatic heterocycles. The fraction of sp³-hybridized carbons (Fsp3) is 0.727. The first-order valence-electron chi connectivity index (χ1n) is 10.0. The van der Waals surface area contributed by atoms with E-state index in [1.807, 2.05) is 47.6 Å². The third-order valence-electron chi connectivity index (χ3n) is 5.46. The van der Waals surface area contributed by atoms with E-state index in [2.05, 4.69) is 0 Å². The zero-order valence-electron chi connectivity index (χ0n) is 18.3. The molecule has 0 aliphatic carbocycles. The Bertz CT molecular complexity index is 608. The predicted molar refractivity (Wildman–Crippen MR) is 107 cm³/mol. The van der Waals surface area contributed by atoms with Gasteiger partial charge >= 0.3 is 0 Å². The fourth-order valence-electron chi connectivity index (χ4n) is 3.69. The van der Waals surface area contributed by atoms with E-state index in [1.54, 1.807) is 7.11 Å². The average molecular weight is 397 g/mol. The van der Waals surface area contributed by atoms with Gasteiger partial charge in [-0.1, -0.05) is 20.8 Å². The summed E-state index contributed by atoms with van der Waals surface area (Å²) >= 11 is 0. The van der Waals surface area contributed by atoms with E-state index in [4.69, 9.17) is 18.6 Å². The van der Waals surface area contributed by atoms with Crippen molar-refractivity contribution in [3.05, 3.63) is 23.2 Å². The molecule has 0 aliphatic rings. The van der Waals surface area contributed by atoms with Crippen molar-refractivity contribution >= 4 is 12.1 Å². The van der Waals surface area contributed by atoms with Gasteiger partial charge in [0.05, 0.1) is 25.2 Å². The van der Waals surface area contributed by atoms with Gasteiger partial charge in [-0.3, -0.25) is 4.79 Å². The number of aldehydes is 1. The van der Waals surface area contributed by atoms with Crippen LogP contribution in [0.1, 0.15) is 57.1 Å². The maximum atomic E-state index is 13.2. The smallest absolute Gasteiger partial charge is 0.148 e. The zero-order valence-corrected chi connectivity index (χ0v) is 18.3. The molecule has 0 unspecified atom stereocenters. The number of rotatable bonds is 14. The van der Waals surface area contributed by atoms with Crippen molar-refractivity contribution in [1.82, 2.24) is 0 Å². The summed E-state index contributed by atoms with van der Waals surface area (Å²) in [6.45, 7) is 12.4. The van der Waals surface area contributed by atoms with Gasteiger partial charge in [0.1, 0.15) is 30.4 Å². The first-order chi connectivity index (χ1) is 13.3. The van der Waals surface area contributed by atoms with Crippen LogP contribution in [0.15, 0.2) is 10.5 Å². The minimum absolute atomic E-state index is 0.0342. The Morgan fingerprint density at radius 3 is 2.39 bits per heavy atom. The Morgan fingerprint density at radius 2 is 1.89 bits per heavy atom. The minimum Gasteiger partial charge on any atom is -0.465 e. The second kappa shape index (κ2) is 12.1. The molecule has 28 heavy (non-hydrogen) atoms. The highest BCUT2D eigenvalue weighted by atomic mass is 16.7. The highest BCUT2D eigenvalue weighted by molar-refractivity contribution is 5.87. The molecule has 6 nitrogen and oxygen atoms in total. The molecule has 0 N–H and O–H groups in total. The molecule has 1 heterocycles. The lowest BCUT2D eigenvalue weighted by Crippen LogP contribution is -2.39. The molecule has 1 aromatic rings. The van der Waals surface area contributed by atoms with Crippen molar-refractivity contribution in [2.75, 3.05) is 27.1 Å². The Kier molecular flexibility index (Phi) is 10.6. The highest BCUT2D eigenvalue weighted by Gasteiger charge is 2.36. The van der Waals surface area contributed by atoms with Gasteiger partial charge in [0.2, 0.25) is 0 Å². The normalized spacial score (nSPS) is 17.0. The van der Waals surface area contributed by atoms with Crippen LogP contribution in [-0.4, -0.2) is 45.3 Å². The standard InChI is InChI=1S/C22H36O6/c1-8-19(12-23)16(4)22(27-13-26-10-9-25-7)18(6)20(24)17(5)21-14(2)11-15(3)28-21/h11-12,16-19,22H,8-10,13H2,1-7H3/t16-,17-,18+,19+,22+/m1/s1. The van der Waals surface area contributed by atoms with Crippen molar-refractivity contribution in [3.63, 3.8) is 0 Å². The van der Waals surface area contributed by atoms with Gasteiger partial charge in [-0.05, 0) is 44.7 Å². The fourth-order valence-corrected chi connectivity index (χ4v) is 3.69. The number of ether oxygens (including phenoxy) is 3. The van der Waals surface area contributed by atoms with Crippen LogP contribution in [0.3, 0.4) is 0 Å². The molecule has 0 fully saturated rings. The Morgan fingerprint density at radius 1 is 1.21 bits per heavy atom. The van der Waals surface area contributed by atoms with Gasteiger partial charge in [-0.2, -0.15) is 0 Å². The average Bonchev–Trinajstić information content (AvgIpc) is 3.01. The van der Waals surface area contributed by atoms with Crippen LogP contribution in [0.2, 0.25) is 0 Å². The lowest BCUT2D eigenvalue weighted by atomic mass is 9.79. The number of carbonyl (C=O) groups excluding carboxylic acids is 2. The lowest BCUT2D eigenvalue weighted by Gasteiger charge is -2.32. The summed E-state index contributed by atoms with van der Waals surface area (Å²) in [5.41, 5.74) is 0.971. The van der Waals surface area contributed by atoms with E-state index in [1.165, 1.54) is 0 Å². The van der Waals surface area contributed by atoms with Crippen LogP contribution in [-0.2, 0) is 23.8 Å². The zero-order chi connectivity index (χ0) is 21.3. The molecule has 0 radical (unpaired) electrons. The topological polar surface area (TPSA) is 75.0 Å². The second-order valence-electron chi connectivity index (χ2n) is 7.53. The highest BCUT2D eigenvalue weighted by Crippen LogP contribution is 2.31. The SMILES string of the molecule is CC[C@@H](C=O)[C@@H](C)[C@H](OCOCCOC)[C@@H](C)C(=O)[C@@H](C)c1oc(C)cc1C. The number of methoxy groups -OCH3 is 1. The van der Waals surface area contributed by atoms with Crippen LogP contribution >= 0.6 is 0 Å². The van der Waals surface area contributed by atoms with E-state index >= 15 is 0 Å². The summed E-state index contributed by atoms with van der Waals surface area (Å²) in [6.07, 6.45) is 1.22. The quantitative estimate of drug-likeness (QED) is 0.268. The molecule has 1 aromatic heterocycles. The Balaban J connectivity index is 2.94. The predicted octanol–water partition coefficient (Wildman–Crippen LogP) is 4.07. The van der Waals surface area contributed by atoms with Crippen LogP contribution in [0.5, 0.6) is 0 Å². The summed E-state index contributed by atoms with van der Waals surface area (Å²) in [5.74, 6) is 0.440. The van der Waals surface area contributed by atoms with E-state index in [-0.39, 0.29) is 30.3 Å². The van der Waals surface area contributed by atoms with Crippen molar-refractivity contribution in [2.45, 2.75) is 60.0 Å². The van der Waals surface area contributed by atoms with Gasteiger partial charge in [0, 0.05) is 18.9 Å².